The molecule has 5 aromatic rings. The minimum atomic E-state index is -3.84. The zero-order valence-corrected chi connectivity index (χ0v) is 32.4. The summed E-state index contributed by atoms with van der Waals surface area (Å²) in [6, 6.07) is 31.8. The van der Waals surface area contributed by atoms with Crippen LogP contribution in [0.4, 0.5) is 4.39 Å². The lowest BCUT2D eigenvalue weighted by molar-refractivity contribution is -0.138. The maximum Gasteiger partial charge on any atom is 0.305 e. The van der Waals surface area contributed by atoms with Gasteiger partial charge in [0.2, 0.25) is 0 Å². The number of halogens is 1. The number of hydrogen-bond donors (Lipinski definition) is 1. The van der Waals surface area contributed by atoms with Crippen molar-refractivity contribution in [1.82, 2.24) is 4.98 Å². The number of nitrogens with zero attached hydrogens (tertiary/aromatic N) is 1. The van der Waals surface area contributed by atoms with Crippen molar-refractivity contribution in [2.75, 3.05) is 13.3 Å². The van der Waals surface area contributed by atoms with Crippen molar-refractivity contribution < 1.29 is 27.8 Å². The highest BCUT2D eigenvalue weighted by atomic mass is 32.1. The van der Waals surface area contributed by atoms with E-state index < -0.39 is 39.2 Å². The molecule has 1 unspecified atom stereocenters. The van der Waals surface area contributed by atoms with Gasteiger partial charge in [0.15, 0.2) is 0 Å². The number of aliphatic carboxylic acids is 1. The fourth-order valence-electron chi connectivity index (χ4n) is 6.38. The van der Waals surface area contributed by atoms with Crippen molar-refractivity contribution in [2.24, 2.45) is 0 Å². The molecule has 0 fully saturated rings. The van der Waals surface area contributed by atoms with Gasteiger partial charge in [-0.15, -0.1) is 11.3 Å². The third-order valence-corrected chi connectivity index (χ3v) is 16.7. The molecule has 2 atom stereocenters. The van der Waals surface area contributed by atoms with Crippen LogP contribution in [-0.4, -0.2) is 43.8 Å². The average molecular weight is 740 g/mol. The molecule has 0 bridgehead atoms. The van der Waals surface area contributed by atoms with E-state index in [1.54, 1.807) is 23.5 Å². The smallest absolute Gasteiger partial charge is 0.305 e. The zero-order valence-electron chi connectivity index (χ0n) is 29.7. The Labute approximate surface area is 305 Å². The summed E-state index contributed by atoms with van der Waals surface area (Å²) in [5, 5.41) is 13.6. The van der Waals surface area contributed by atoms with Gasteiger partial charge in [-0.3, -0.25) is 14.3 Å². The Bertz CT molecular complexity index is 2020. The van der Waals surface area contributed by atoms with Gasteiger partial charge in [-0.2, -0.15) is 0 Å². The fourth-order valence-corrected chi connectivity index (χ4v) is 13.2. The first kappa shape index (κ1) is 38.1. The van der Waals surface area contributed by atoms with E-state index in [9.17, 15) is 18.9 Å². The number of carboxylic acid groups (broad SMARTS) is 1. The quantitative estimate of drug-likeness (QED) is 0.0780. The Hall–Kier alpha value is -4.16. The molecule has 10 heteroatoms. The number of pyridine rings is 1. The van der Waals surface area contributed by atoms with Crippen LogP contribution in [-0.2, 0) is 18.3 Å². The van der Waals surface area contributed by atoms with Crippen LogP contribution >= 0.6 is 18.7 Å². The number of rotatable bonds is 12. The van der Waals surface area contributed by atoms with E-state index in [-0.39, 0.29) is 17.9 Å². The Morgan fingerprint density at radius 1 is 0.961 bits per heavy atom. The number of benzene rings is 3. The molecule has 2 aromatic heterocycles. The van der Waals surface area contributed by atoms with Gasteiger partial charge in [0.1, 0.15) is 5.82 Å². The molecule has 51 heavy (non-hydrogen) atoms. The number of carbonyl (C=O) groups is 1. The number of thiophene rings is 1. The van der Waals surface area contributed by atoms with Gasteiger partial charge in [0, 0.05) is 12.7 Å². The molecule has 1 N–H and O–H groups in total. The largest absolute Gasteiger partial charge is 0.481 e. The van der Waals surface area contributed by atoms with Crippen LogP contribution in [0.2, 0.25) is 5.04 Å². The summed E-state index contributed by atoms with van der Waals surface area (Å²) in [6.07, 6.45) is -1.62. The highest BCUT2D eigenvalue weighted by Crippen LogP contribution is 2.48. The van der Waals surface area contributed by atoms with E-state index in [1.165, 1.54) is 19.2 Å². The predicted octanol–water partition coefficient (Wildman–Crippen LogP) is 9.39. The summed E-state index contributed by atoms with van der Waals surface area (Å²) in [4.78, 5) is 18.3. The van der Waals surface area contributed by atoms with Gasteiger partial charge in [-0.25, -0.2) is 4.39 Å². The van der Waals surface area contributed by atoms with Gasteiger partial charge < -0.3 is 14.1 Å². The van der Waals surface area contributed by atoms with Crippen molar-refractivity contribution in [1.29, 1.82) is 0 Å². The molecule has 0 aliphatic rings. The summed E-state index contributed by atoms with van der Waals surface area (Å²) in [7, 11) is -5.73. The van der Waals surface area contributed by atoms with Crippen LogP contribution in [0.25, 0.3) is 21.7 Å². The first-order valence-electron chi connectivity index (χ1n) is 16.8. The maximum absolute atomic E-state index is 14.7. The first-order valence-corrected chi connectivity index (χ1v) is 21.4. The topological polar surface area (TPSA) is 85.7 Å². The van der Waals surface area contributed by atoms with Crippen LogP contribution in [0.15, 0.2) is 109 Å². The summed E-state index contributed by atoms with van der Waals surface area (Å²) in [6.45, 7) is 10.3. The van der Waals surface area contributed by atoms with E-state index in [0.29, 0.717) is 11.3 Å². The van der Waals surface area contributed by atoms with E-state index in [1.807, 2.05) is 98.1 Å². The average Bonchev–Trinajstić information content (AvgIpc) is 3.65. The zero-order chi connectivity index (χ0) is 36.8. The molecular formula is C41H43FNO5PSSi. The summed E-state index contributed by atoms with van der Waals surface area (Å²) >= 11 is 1.56. The van der Waals surface area contributed by atoms with E-state index >= 15 is 0 Å². The molecule has 0 aliphatic heterocycles. The second-order valence-corrected chi connectivity index (χ2v) is 21.2. The van der Waals surface area contributed by atoms with Gasteiger partial charge >= 0.3 is 5.97 Å². The van der Waals surface area contributed by atoms with Crippen molar-refractivity contribution >= 4 is 43.4 Å². The van der Waals surface area contributed by atoms with Gasteiger partial charge in [-0.05, 0) is 62.2 Å². The molecule has 6 nitrogen and oxygen atoms in total. The molecule has 5 rings (SSSR count). The summed E-state index contributed by atoms with van der Waals surface area (Å²) < 4.78 is 41.5. The van der Waals surface area contributed by atoms with E-state index in [4.69, 9.17) is 13.9 Å². The first-order chi connectivity index (χ1) is 24.3. The number of hydrogen-bond acceptors (Lipinski definition) is 6. The molecule has 0 spiro atoms. The van der Waals surface area contributed by atoms with Crippen LogP contribution < -0.4 is 10.4 Å². The molecule has 0 aliphatic carbocycles. The third-order valence-electron chi connectivity index (χ3n) is 8.78. The van der Waals surface area contributed by atoms with Crippen LogP contribution in [0.5, 0.6) is 0 Å². The Morgan fingerprint density at radius 3 is 2.06 bits per heavy atom. The van der Waals surface area contributed by atoms with Crippen molar-refractivity contribution in [3.63, 3.8) is 0 Å². The third kappa shape index (κ3) is 8.66. The molecule has 2 heterocycles. The second kappa shape index (κ2) is 16.0. The maximum atomic E-state index is 14.7. The van der Waals surface area contributed by atoms with E-state index in [0.717, 1.165) is 32.1 Å². The molecule has 0 radical (unpaired) electrons. The minimum Gasteiger partial charge on any atom is -0.481 e. The molecule has 0 saturated carbocycles. The highest BCUT2D eigenvalue weighted by molar-refractivity contribution is 7.64. The van der Waals surface area contributed by atoms with Crippen LogP contribution in [0.3, 0.4) is 0 Å². The lowest BCUT2D eigenvalue weighted by atomic mass is 9.94. The SMILES string of the molecule is COP(=O)(C#Cc1c(-c2ccc(F)cc2)cc(-c2cccs2)nc1C(C)C)C[C@H](CC(=O)O)O[Si](c1ccccc1)(c1ccccc1)C(C)(C)C. The predicted molar refractivity (Wildman–Crippen MR) is 208 cm³/mol. The van der Waals surface area contributed by atoms with Crippen LogP contribution in [0.1, 0.15) is 58.2 Å². The van der Waals surface area contributed by atoms with Crippen molar-refractivity contribution in [3.05, 3.63) is 126 Å². The lowest BCUT2D eigenvalue weighted by Crippen LogP contribution is -2.68. The standard InChI is InChI=1S/C41H43FNO5PSSi/c1-29(2)40-35(36(30-19-21-31(42)22-20-30)27-37(43-40)38-18-13-25-50-38)23-24-49(46,47-6)28-32(26-39(44)45)48-51(41(3,4)5,33-14-9-7-10-15-33)34-16-11-8-12-17-34/h7-22,25,27,29,32H,26,28H2,1-6H3,(H,44,45)/t32-,49?/m0/s1. The summed E-state index contributed by atoms with van der Waals surface area (Å²) in [5.41, 5.74) is 6.41. The number of aromatic nitrogens is 1. The van der Waals surface area contributed by atoms with Gasteiger partial charge in [0.25, 0.3) is 15.7 Å². The second-order valence-electron chi connectivity index (χ2n) is 13.7. The summed E-state index contributed by atoms with van der Waals surface area (Å²) in [5.74, 6) is 1.67. The Kier molecular flexibility index (Phi) is 12.0. The van der Waals surface area contributed by atoms with Crippen molar-refractivity contribution in [3.8, 4) is 33.3 Å². The molecule has 0 amide bonds. The normalized spacial score (nSPS) is 13.6. The minimum absolute atomic E-state index is 0.0615. The van der Waals surface area contributed by atoms with Crippen molar-refractivity contribution in [2.45, 2.75) is 58.1 Å². The molecule has 0 saturated heterocycles. The lowest BCUT2D eigenvalue weighted by Gasteiger charge is -2.45. The highest BCUT2D eigenvalue weighted by Gasteiger charge is 2.52. The van der Waals surface area contributed by atoms with Gasteiger partial charge in [-0.1, -0.05) is 119 Å². The molecule has 264 valence electrons. The van der Waals surface area contributed by atoms with E-state index in [2.05, 4.69) is 32.4 Å². The molecular weight excluding hydrogens is 697 g/mol. The molecule has 3 aromatic carbocycles. The van der Waals surface area contributed by atoms with Gasteiger partial charge in [0.05, 0.1) is 40.5 Å². The monoisotopic (exact) mass is 739 g/mol. The Morgan fingerprint density at radius 2 is 1.57 bits per heavy atom. The number of carboxylic acids is 1. The Balaban J connectivity index is 1.64. The van der Waals surface area contributed by atoms with Crippen LogP contribution in [0, 0.1) is 17.4 Å². The fraction of sp³-hybridized carbons (Fsp3) is 0.268.